The highest BCUT2D eigenvalue weighted by molar-refractivity contribution is 7.92. The number of benzene rings is 2. The number of carbonyl (C=O) groups is 1. The van der Waals surface area contributed by atoms with Crippen LogP contribution in [0.5, 0.6) is 11.5 Å². The maximum atomic E-state index is 12.9. The average molecular weight is 447 g/mol. The van der Waals surface area contributed by atoms with Crippen molar-refractivity contribution in [3.63, 3.8) is 0 Å². The number of anilines is 2. The number of hydrogen-bond acceptors (Lipinski definition) is 6. The Morgan fingerprint density at radius 3 is 2.37 bits per heavy atom. The first-order valence-corrected chi connectivity index (χ1v) is 11.7. The van der Waals surface area contributed by atoms with E-state index in [-0.39, 0.29) is 10.8 Å². The fraction of sp³-hybridized carbons (Fsp3) is 0.190. The van der Waals surface area contributed by atoms with Gasteiger partial charge in [-0.3, -0.25) is 9.52 Å². The number of rotatable bonds is 9. The van der Waals surface area contributed by atoms with E-state index in [1.807, 2.05) is 19.2 Å². The first-order valence-electron chi connectivity index (χ1n) is 9.30. The molecule has 2 N–H and O–H groups in total. The van der Waals surface area contributed by atoms with Crippen LogP contribution in [-0.4, -0.2) is 27.5 Å². The molecular formula is C21H22N2O5S2. The Morgan fingerprint density at radius 1 is 0.933 bits per heavy atom. The number of ether oxygens (including phenoxy) is 2. The van der Waals surface area contributed by atoms with Crippen LogP contribution in [0.2, 0.25) is 0 Å². The zero-order valence-electron chi connectivity index (χ0n) is 16.5. The van der Waals surface area contributed by atoms with Crippen LogP contribution in [0.4, 0.5) is 11.4 Å². The first-order chi connectivity index (χ1) is 14.4. The summed E-state index contributed by atoms with van der Waals surface area (Å²) >= 11 is 1.33. The largest absolute Gasteiger partial charge is 0.490 e. The van der Waals surface area contributed by atoms with Crippen molar-refractivity contribution in [2.24, 2.45) is 0 Å². The van der Waals surface area contributed by atoms with E-state index in [9.17, 15) is 13.2 Å². The molecule has 3 aromatic rings. The van der Waals surface area contributed by atoms with Crippen molar-refractivity contribution >= 4 is 38.6 Å². The van der Waals surface area contributed by atoms with E-state index in [2.05, 4.69) is 10.0 Å². The number of thiophene rings is 1. The first kappa shape index (κ1) is 21.7. The predicted molar refractivity (Wildman–Crippen MR) is 118 cm³/mol. The quantitative estimate of drug-likeness (QED) is 0.501. The maximum absolute atomic E-state index is 12.9. The summed E-state index contributed by atoms with van der Waals surface area (Å²) in [5.74, 6) is 0.591. The predicted octanol–water partition coefficient (Wildman–Crippen LogP) is 4.60. The van der Waals surface area contributed by atoms with Crippen molar-refractivity contribution in [3.8, 4) is 11.5 Å². The lowest BCUT2D eigenvalue weighted by molar-refractivity contribution is 0.103. The maximum Gasteiger partial charge on any atom is 0.265 e. The molecule has 3 rings (SSSR count). The summed E-state index contributed by atoms with van der Waals surface area (Å²) in [5, 5.41) is 4.57. The third kappa shape index (κ3) is 5.31. The third-order valence-electron chi connectivity index (χ3n) is 3.94. The van der Waals surface area contributed by atoms with E-state index in [0.717, 1.165) is 0 Å². The molecule has 1 heterocycles. The van der Waals surface area contributed by atoms with Crippen molar-refractivity contribution < 1.29 is 22.7 Å². The lowest BCUT2D eigenvalue weighted by Crippen LogP contribution is -2.14. The van der Waals surface area contributed by atoms with Crippen molar-refractivity contribution in [2.45, 2.75) is 18.7 Å². The van der Waals surface area contributed by atoms with Crippen LogP contribution in [0, 0.1) is 0 Å². The molecular weight excluding hydrogens is 424 g/mol. The van der Waals surface area contributed by atoms with E-state index in [1.54, 1.807) is 42.5 Å². The molecule has 0 spiro atoms. The van der Waals surface area contributed by atoms with Gasteiger partial charge in [-0.1, -0.05) is 12.1 Å². The monoisotopic (exact) mass is 446 g/mol. The Kier molecular flexibility index (Phi) is 6.96. The fourth-order valence-corrected chi connectivity index (χ4v) is 4.36. The summed E-state index contributed by atoms with van der Waals surface area (Å²) in [5.41, 5.74) is 0.807. The zero-order chi connectivity index (χ0) is 21.6. The normalized spacial score (nSPS) is 11.0. The summed E-state index contributed by atoms with van der Waals surface area (Å²) in [7, 11) is -3.87. The van der Waals surface area contributed by atoms with Gasteiger partial charge >= 0.3 is 0 Å². The van der Waals surface area contributed by atoms with Gasteiger partial charge in [0.1, 0.15) is 0 Å². The molecule has 0 bridgehead atoms. The molecule has 7 nitrogen and oxygen atoms in total. The van der Waals surface area contributed by atoms with Crippen LogP contribution >= 0.6 is 11.3 Å². The molecule has 0 saturated carbocycles. The van der Waals surface area contributed by atoms with Gasteiger partial charge in [-0.2, -0.15) is 0 Å². The highest BCUT2D eigenvalue weighted by Crippen LogP contribution is 2.31. The molecule has 158 valence electrons. The molecule has 2 aromatic carbocycles. The van der Waals surface area contributed by atoms with Gasteiger partial charge in [-0.25, -0.2) is 8.42 Å². The molecule has 0 aliphatic carbocycles. The van der Waals surface area contributed by atoms with Crippen LogP contribution in [-0.2, 0) is 10.0 Å². The molecule has 0 radical (unpaired) electrons. The van der Waals surface area contributed by atoms with Gasteiger partial charge in [0.15, 0.2) is 11.5 Å². The molecule has 0 saturated heterocycles. The number of amides is 1. The molecule has 0 aliphatic rings. The number of sulfonamides is 1. The third-order valence-corrected chi connectivity index (χ3v) is 6.19. The van der Waals surface area contributed by atoms with E-state index in [1.165, 1.54) is 23.5 Å². The van der Waals surface area contributed by atoms with Gasteiger partial charge in [0.25, 0.3) is 15.9 Å². The van der Waals surface area contributed by atoms with Gasteiger partial charge in [-0.05, 0) is 55.6 Å². The van der Waals surface area contributed by atoms with Crippen molar-refractivity contribution in [3.05, 3.63) is 64.9 Å². The van der Waals surface area contributed by atoms with E-state index in [4.69, 9.17) is 9.47 Å². The topological polar surface area (TPSA) is 93.7 Å². The second-order valence-electron chi connectivity index (χ2n) is 6.09. The summed E-state index contributed by atoms with van der Waals surface area (Å²) < 4.78 is 39.2. The SMILES string of the molecule is CCOc1ccc(S(=O)(=O)Nc2cccc(NC(=O)c3cccs3)c2)cc1OCC. The minimum atomic E-state index is -3.87. The summed E-state index contributed by atoms with van der Waals surface area (Å²) in [6.07, 6.45) is 0. The van der Waals surface area contributed by atoms with Crippen molar-refractivity contribution in [2.75, 3.05) is 23.3 Å². The van der Waals surface area contributed by atoms with E-state index < -0.39 is 10.0 Å². The molecule has 1 aromatic heterocycles. The Labute approximate surface area is 179 Å². The van der Waals surface area contributed by atoms with Gasteiger partial charge in [-0.15, -0.1) is 11.3 Å². The smallest absolute Gasteiger partial charge is 0.265 e. The molecule has 0 aliphatic heterocycles. The number of nitrogens with one attached hydrogen (secondary N) is 2. The minimum Gasteiger partial charge on any atom is -0.490 e. The Bertz CT molecular complexity index is 1110. The number of carbonyl (C=O) groups excluding carboxylic acids is 1. The highest BCUT2D eigenvalue weighted by atomic mass is 32.2. The van der Waals surface area contributed by atoms with Crippen molar-refractivity contribution in [1.29, 1.82) is 0 Å². The standard InChI is InChI=1S/C21H22N2O5S2/c1-3-27-18-11-10-17(14-19(18)28-4-2)30(25,26)23-16-8-5-7-15(13-16)22-21(24)20-9-6-12-29-20/h5-14,23H,3-4H2,1-2H3,(H,22,24). The van der Waals surface area contributed by atoms with Gasteiger partial charge < -0.3 is 14.8 Å². The summed E-state index contributed by atoms with van der Waals surface area (Å²) in [6.45, 7) is 4.47. The van der Waals surface area contributed by atoms with Crippen LogP contribution in [0.1, 0.15) is 23.5 Å². The van der Waals surface area contributed by atoms with Crippen LogP contribution < -0.4 is 19.5 Å². The molecule has 30 heavy (non-hydrogen) atoms. The Hall–Kier alpha value is -3.04. The second kappa shape index (κ2) is 9.64. The van der Waals surface area contributed by atoms with Gasteiger partial charge in [0.05, 0.1) is 28.7 Å². The lowest BCUT2D eigenvalue weighted by atomic mass is 10.3. The molecule has 1 amide bonds. The average Bonchev–Trinajstić information content (AvgIpc) is 3.24. The van der Waals surface area contributed by atoms with E-state index in [0.29, 0.717) is 41.0 Å². The van der Waals surface area contributed by atoms with Crippen LogP contribution in [0.15, 0.2) is 64.9 Å². The summed E-state index contributed by atoms with van der Waals surface area (Å²) in [6, 6.07) is 14.5. The van der Waals surface area contributed by atoms with E-state index >= 15 is 0 Å². The van der Waals surface area contributed by atoms with Crippen LogP contribution in [0.3, 0.4) is 0 Å². The lowest BCUT2D eigenvalue weighted by Gasteiger charge is -2.14. The molecule has 0 fully saturated rings. The van der Waals surface area contributed by atoms with Gasteiger partial charge in [0, 0.05) is 11.8 Å². The fourth-order valence-electron chi connectivity index (χ4n) is 2.67. The summed E-state index contributed by atoms with van der Waals surface area (Å²) in [4.78, 5) is 12.8. The Morgan fingerprint density at radius 2 is 1.67 bits per heavy atom. The number of hydrogen-bond donors (Lipinski definition) is 2. The zero-order valence-corrected chi connectivity index (χ0v) is 18.2. The second-order valence-corrected chi connectivity index (χ2v) is 8.72. The van der Waals surface area contributed by atoms with Crippen molar-refractivity contribution in [1.82, 2.24) is 0 Å². The molecule has 0 unspecified atom stereocenters. The molecule has 9 heteroatoms. The molecule has 0 atom stereocenters. The minimum absolute atomic E-state index is 0.0439. The highest BCUT2D eigenvalue weighted by Gasteiger charge is 2.18. The van der Waals surface area contributed by atoms with Crippen LogP contribution in [0.25, 0.3) is 0 Å². The van der Waals surface area contributed by atoms with Gasteiger partial charge in [0.2, 0.25) is 0 Å². The Balaban J connectivity index is 1.80.